The molecule has 3 rings (SSSR count). The molecular weight excluding hydrogens is 302 g/mol. The van der Waals surface area contributed by atoms with E-state index in [0.29, 0.717) is 29.5 Å². The molecule has 0 bridgehead atoms. The van der Waals surface area contributed by atoms with Gasteiger partial charge in [-0.05, 0) is 62.7 Å². The zero-order valence-electron chi connectivity index (χ0n) is 13.9. The number of hydrogen-bond donors (Lipinski definition) is 0. The number of rotatable bonds is 6. The van der Waals surface area contributed by atoms with E-state index in [1.54, 1.807) is 18.3 Å². The molecule has 5 heteroatoms. The van der Waals surface area contributed by atoms with Crippen molar-refractivity contribution in [1.29, 1.82) is 5.26 Å². The normalized spacial score (nSPS) is 14.3. The van der Waals surface area contributed by atoms with E-state index in [1.807, 2.05) is 25.1 Å². The first-order chi connectivity index (χ1) is 11.8. The lowest BCUT2D eigenvalue weighted by Gasteiger charge is -2.17. The Hall–Kier alpha value is -2.58. The molecule has 0 saturated carbocycles. The highest BCUT2D eigenvalue weighted by Gasteiger charge is 2.15. The lowest BCUT2D eigenvalue weighted by atomic mass is 10.2. The topological polar surface area (TPSA) is 58.4 Å². The smallest absolute Gasteiger partial charge is 0.237 e. The van der Waals surface area contributed by atoms with Crippen molar-refractivity contribution in [2.45, 2.75) is 26.3 Å². The molecule has 2 heterocycles. The molecule has 1 aromatic carbocycles. The van der Waals surface area contributed by atoms with Crippen molar-refractivity contribution < 1.29 is 9.47 Å². The highest BCUT2D eigenvalue weighted by atomic mass is 16.5. The van der Waals surface area contributed by atoms with Gasteiger partial charge in [-0.3, -0.25) is 4.90 Å². The highest BCUT2D eigenvalue weighted by Crippen LogP contribution is 2.33. The summed E-state index contributed by atoms with van der Waals surface area (Å²) in [4.78, 5) is 6.59. The average molecular weight is 323 g/mol. The van der Waals surface area contributed by atoms with Gasteiger partial charge in [0.15, 0.2) is 11.5 Å². The molecular formula is C19H21N3O2. The van der Waals surface area contributed by atoms with Crippen LogP contribution in [-0.2, 0) is 6.54 Å². The minimum Gasteiger partial charge on any atom is -0.490 e. The Bertz CT molecular complexity index is 734. The highest BCUT2D eigenvalue weighted by molar-refractivity contribution is 5.47. The second-order valence-electron chi connectivity index (χ2n) is 5.77. The summed E-state index contributed by atoms with van der Waals surface area (Å²) in [5.74, 6) is 1.56. The van der Waals surface area contributed by atoms with Gasteiger partial charge >= 0.3 is 0 Å². The Balaban J connectivity index is 1.82. The Morgan fingerprint density at radius 2 is 2.04 bits per heavy atom. The minimum absolute atomic E-state index is 0.299. The summed E-state index contributed by atoms with van der Waals surface area (Å²) in [5.41, 5.74) is 1.61. The molecule has 0 atom stereocenters. The third kappa shape index (κ3) is 3.84. The SMILES string of the molecule is CCOc1cc(CN2CCCC2)ccc1Oc1ncccc1C#N. The van der Waals surface area contributed by atoms with Gasteiger partial charge in [0, 0.05) is 12.7 Å². The van der Waals surface area contributed by atoms with E-state index in [0.717, 1.165) is 19.6 Å². The van der Waals surface area contributed by atoms with Crippen molar-refractivity contribution in [3.8, 4) is 23.4 Å². The fraction of sp³-hybridized carbons (Fsp3) is 0.368. The van der Waals surface area contributed by atoms with Gasteiger partial charge in [-0.2, -0.15) is 5.26 Å². The largest absolute Gasteiger partial charge is 0.490 e. The zero-order chi connectivity index (χ0) is 16.8. The van der Waals surface area contributed by atoms with Gasteiger partial charge < -0.3 is 9.47 Å². The van der Waals surface area contributed by atoms with Crippen molar-refractivity contribution in [1.82, 2.24) is 9.88 Å². The van der Waals surface area contributed by atoms with Gasteiger partial charge in [0.25, 0.3) is 0 Å². The summed E-state index contributed by atoms with van der Waals surface area (Å²) in [6, 6.07) is 11.5. The van der Waals surface area contributed by atoms with Crippen molar-refractivity contribution in [3.63, 3.8) is 0 Å². The number of nitrogens with zero attached hydrogens (tertiary/aromatic N) is 3. The molecule has 1 saturated heterocycles. The summed E-state index contributed by atoms with van der Waals surface area (Å²) in [5, 5.41) is 9.17. The number of likely N-dealkylation sites (tertiary alicyclic amines) is 1. The van der Waals surface area contributed by atoms with E-state index in [9.17, 15) is 0 Å². The van der Waals surface area contributed by atoms with Gasteiger partial charge in [-0.1, -0.05) is 6.07 Å². The molecule has 1 aliphatic heterocycles. The van der Waals surface area contributed by atoms with Gasteiger partial charge in [-0.15, -0.1) is 0 Å². The quantitative estimate of drug-likeness (QED) is 0.810. The van der Waals surface area contributed by atoms with Crippen LogP contribution in [0.3, 0.4) is 0 Å². The Labute approximate surface area is 142 Å². The Kier molecular flexibility index (Phi) is 5.29. The molecule has 1 aliphatic rings. The molecule has 0 amide bonds. The first kappa shape index (κ1) is 16.3. The minimum atomic E-state index is 0.299. The molecule has 0 aliphatic carbocycles. The van der Waals surface area contributed by atoms with Gasteiger partial charge in [0.1, 0.15) is 11.6 Å². The molecule has 0 unspecified atom stereocenters. The molecule has 2 aromatic rings. The van der Waals surface area contributed by atoms with E-state index in [4.69, 9.17) is 14.7 Å². The molecule has 1 aromatic heterocycles. The first-order valence-corrected chi connectivity index (χ1v) is 8.31. The third-order valence-corrected chi connectivity index (χ3v) is 4.01. The Morgan fingerprint density at radius 1 is 1.21 bits per heavy atom. The molecule has 0 spiro atoms. The summed E-state index contributed by atoms with van der Waals surface area (Å²) in [6.45, 7) is 5.73. The van der Waals surface area contributed by atoms with E-state index in [-0.39, 0.29) is 0 Å². The Morgan fingerprint density at radius 3 is 2.79 bits per heavy atom. The maximum atomic E-state index is 9.17. The number of hydrogen-bond acceptors (Lipinski definition) is 5. The predicted molar refractivity (Wildman–Crippen MR) is 91.1 cm³/mol. The molecule has 0 N–H and O–H groups in total. The van der Waals surface area contributed by atoms with Crippen LogP contribution in [0.1, 0.15) is 30.9 Å². The van der Waals surface area contributed by atoms with Crippen LogP contribution in [0.15, 0.2) is 36.5 Å². The van der Waals surface area contributed by atoms with Crippen LogP contribution >= 0.6 is 0 Å². The van der Waals surface area contributed by atoms with Gasteiger partial charge in [-0.25, -0.2) is 4.98 Å². The summed E-state index contributed by atoms with van der Waals surface area (Å²) >= 11 is 0. The van der Waals surface area contributed by atoms with Crippen LogP contribution in [0.5, 0.6) is 17.4 Å². The molecule has 5 nitrogen and oxygen atoms in total. The van der Waals surface area contributed by atoms with Crippen LogP contribution in [-0.4, -0.2) is 29.6 Å². The molecule has 24 heavy (non-hydrogen) atoms. The standard InChI is InChI=1S/C19H21N3O2/c1-2-23-18-12-15(14-22-10-3-4-11-22)7-8-17(18)24-19-16(13-20)6-5-9-21-19/h5-9,12H,2-4,10-11,14H2,1H3. The summed E-state index contributed by atoms with van der Waals surface area (Å²) < 4.78 is 11.6. The number of nitriles is 1. The van der Waals surface area contributed by atoms with E-state index < -0.39 is 0 Å². The zero-order valence-corrected chi connectivity index (χ0v) is 13.9. The van der Waals surface area contributed by atoms with Gasteiger partial charge in [0.2, 0.25) is 5.88 Å². The maximum Gasteiger partial charge on any atom is 0.237 e. The third-order valence-electron chi connectivity index (χ3n) is 4.01. The van der Waals surface area contributed by atoms with Crippen molar-refractivity contribution in [2.24, 2.45) is 0 Å². The van der Waals surface area contributed by atoms with E-state index in [2.05, 4.69) is 16.0 Å². The predicted octanol–water partition coefficient (Wildman–Crippen LogP) is 3.74. The van der Waals surface area contributed by atoms with Crippen LogP contribution in [0.4, 0.5) is 0 Å². The number of ether oxygens (including phenoxy) is 2. The van der Waals surface area contributed by atoms with Crippen molar-refractivity contribution in [2.75, 3.05) is 19.7 Å². The fourth-order valence-corrected chi connectivity index (χ4v) is 2.86. The summed E-state index contributed by atoms with van der Waals surface area (Å²) in [6.07, 6.45) is 4.16. The average Bonchev–Trinajstić information content (AvgIpc) is 3.11. The molecule has 124 valence electrons. The van der Waals surface area contributed by atoms with Crippen molar-refractivity contribution >= 4 is 0 Å². The van der Waals surface area contributed by atoms with Crippen LogP contribution < -0.4 is 9.47 Å². The number of pyridine rings is 1. The number of benzene rings is 1. The summed E-state index contributed by atoms with van der Waals surface area (Å²) in [7, 11) is 0. The lowest BCUT2D eigenvalue weighted by Crippen LogP contribution is -2.18. The molecule has 1 fully saturated rings. The van der Waals surface area contributed by atoms with Gasteiger partial charge in [0.05, 0.1) is 6.61 Å². The van der Waals surface area contributed by atoms with Crippen LogP contribution in [0, 0.1) is 11.3 Å². The fourth-order valence-electron chi connectivity index (χ4n) is 2.86. The molecule has 0 radical (unpaired) electrons. The van der Waals surface area contributed by atoms with Crippen molar-refractivity contribution in [3.05, 3.63) is 47.7 Å². The second kappa shape index (κ2) is 7.80. The van der Waals surface area contributed by atoms with E-state index in [1.165, 1.54) is 18.4 Å². The van der Waals surface area contributed by atoms with Crippen LogP contribution in [0.25, 0.3) is 0 Å². The lowest BCUT2D eigenvalue weighted by molar-refractivity contribution is 0.313. The number of aromatic nitrogens is 1. The monoisotopic (exact) mass is 323 g/mol. The maximum absolute atomic E-state index is 9.17. The second-order valence-corrected chi connectivity index (χ2v) is 5.77. The first-order valence-electron chi connectivity index (χ1n) is 8.31. The van der Waals surface area contributed by atoms with Crippen LogP contribution in [0.2, 0.25) is 0 Å². The van der Waals surface area contributed by atoms with E-state index >= 15 is 0 Å².